The summed E-state index contributed by atoms with van der Waals surface area (Å²) in [5.41, 5.74) is 1.12. The molecule has 0 bridgehead atoms. The first-order valence-electron chi connectivity index (χ1n) is 7.27. The SMILES string of the molecule is CC(C)CNCc1nc(OCCC(C)(C)C)ccc1Cl. The highest BCUT2D eigenvalue weighted by Crippen LogP contribution is 2.21. The van der Waals surface area contributed by atoms with Gasteiger partial charge >= 0.3 is 0 Å². The molecule has 0 atom stereocenters. The predicted molar refractivity (Wildman–Crippen MR) is 85.4 cm³/mol. The van der Waals surface area contributed by atoms with Crippen LogP contribution in [0.2, 0.25) is 5.02 Å². The summed E-state index contributed by atoms with van der Waals surface area (Å²) >= 11 is 6.16. The van der Waals surface area contributed by atoms with E-state index in [4.69, 9.17) is 16.3 Å². The van der Waals surface area contributed by atoms with Crippen LogP contribution in [0.1, 0.15) is 46.7 Å². The Morgan fingerprint density at radius 1 is 1.30 bits per heavy atom. The maximum atomic E-state index is 6.16. The topological polar surface area (TPSA) is 34.2 Å². The Morgan fingerprint density at radius 3 is 2.60 bits per heavy atom. The van der Waals surface area contributed by atoms with E-state index in [2.05, 4.69) is 44.9 Å². The smallest absolute Gasteiger partial charge is 0.213 e. The molecule has 0 spiro atoms. The van der Waals surface area contributed by atoms with E-state index in [1.54, 1.807) is 0 Å². The van der Waals surface area contributed by atoms with Crippen molar-refractivity contribution in [2.75, 3.05) is 13.2 Å². The van der Waals surface area contributed by atoms with Gasteiger partial charge in [0, 0.05) is 12.6 Å². The standard InChI is InChI=1S/C16H27ClN2O/c1-12(2)10-18-11-14-13(17)6-7-15(19-14)20-9-8-16(3,4)5/h6-7,12,18H,8-11H2,1-5H3. The van der Waals surface area contributed by atoms with Crippen molar-refractivity contribution in [1.82, 2.24) is 10.3 Å². The average Bonchev–Trinajstić information content (AvgIpc) is 2.31. The number of rotatable bonds is 7. The minimum absolute atomic E-state index is 0.272. The average molecular weight is 299 g/mol. The highest BCUT2D eigenvalue weighted by atomic mass is 35.5. The third-order valence-corrected chi connectivity index (χ3v) is 3.18. The molecule has 0 aliphatic carbocycles. The summed E-state index contributed by atoms with van der Waals surface area (Å²) in [6.45, 7) is 13.3. The molecular formula is C16H27ClN2O. The molecule has 0 aromatic carbocycles. The predicted octanol–water partition coefficient (Wildman–Crippen LogP) is 4.30. The van der Waals surface area contributed by atoms with Gasteiger partial charge in [0.25, 0.3) is 0 Å². The van der Waals surface area contributed by atoms with Gasteiger partial charge in [0.2, 0.25) is 5.88 Å². The number of nitrogens with one attached hydrogen (secondary N) is 1. The third-order valence-electron chi connectivity index (χ3n) is 2.84. The lowest BCUT2D eigenvalue weighted by Gasteiger charge is -2.18. The zero-order chi connectivity index (χ0) is 15.2. The summed E-state index contributed by atoms with van der Waals surface area (Å²) in [6, 6.07) is 3.68. The quantitative estimate of drug-likeness (QED) is 0.815. The number of nitrogens with zero attached hydrogens (tertiary/aromatic N) is 1. The van der Waals surface area contributed by atoms with Crippen LogP contribution in [0.3, 0.4) is 0 Å². The van der Waals surface area contributed by atoms with E-state index in [1.807, 2.05) is 12.1 Å². The fourth-order valence-electron chi connectivity index (χ4n) is 1.61. The summed E-state index contributed by atoms with van der Waals surface area (Å²) in [4.78, 5) is 4.47. The van der Waals surface area contributed by atoms with Crippen molar-refractivity contribution in [3.8, 4) is 5.88 Å². The molecule has 20 heavy (non-hydrogen) atoms. The lowest BCUT2D eigenvalue weighted by atomic mass is 9.93. The molecule has 114 valence electrons. The van der Waals surface area contributed by atoms with Crippen LogP contribution >= 0.6 is 11.6 Å². The lowest BCUT2D eigenvalue weighted by Crippen LogP contribution is -2.20. The second kappa shape index (κ2) is 7.84. The van der Waals surface area contributed by atoms with Crippen molar-refractivity contribution >= 4 is 11.6 Å². The van der Waals surface area contributed by atoms with Crippen molar-refractivity contribution in [3.63, 3.8) is 0 Å². The van der Waals surface area contributed by atoms with Gasteiger partial charge in [-0.25, -0.2) is 4.98 Å². The van der Waals surface area contributed by atoms with Gasteiger partial charge in [-0.05, 0) is 30.4 Å². The normalized spacial score (nSPS) is 11.9. The Kier molecular flexibility index (Phi) is 6.77. The second-order valence-corrected chi connectivity index (χ2v) is 7.17. The van der Waals surface area contributed by atoms with Crippen LogP contribution in [0.25, 0.3) is 0 Å². The lowest BCUT2D eigenvalue weighted by molar-refractivity contribution is 0.236. The second-order valence-electron chi connectivity index (χ2n) is 6.76. The Hall–Kier alpha value is -0.800. The Morgan fingerprint density at radius 2 is 2.00 bits per heavy atom. The van der Waals surface area contributed by atoms with Crippen molar-refractivity contribution in [2.45, 2.75) is 47.6 Å². The molecule has 4 heteroatoms. The Bertz CT molecular complexity index is 413. The summed E-state index contributed by atoms with van der Waals surface area (Å²) in [6.07, 6.45) is 0.998. The summed E-state index contributed by atoms with van der Waals surface area (Å²) in [5, 5.41) is 4.03. The van der Waals surface area contributed by atoms with Crippen molar-refractivity contribution in [2.24, 2.45) is 11.3 Å². The molecule has 0 radical (unpaired) electrons. The summed E-state index contributed by atoms with van der Waals surface area (Å²) in [7, 11) is 0. The van der Waals surface area contributed by atoms with E-state index in [1.165, 1.54) is 0 Å². The zero-order valence-electron chi connectivity index (χ0n) is 13.3. The van der Waals surface area contributed by atoms with Crippen molar-refractivity contribution < 1.29 is 4.74 Å². The van der Waals surface area contributed by atoms with E-state index in [0.717, 1.165) is 18.7 Å². The minimum atomic E-state index is 0.272. The molecule has 1 aromatic rings. The first-order valence-corrected chi connectivity index (χ1v) is 7.64. The third kappa shape index (κ3) is 7.11. The van der Waals surface area contributed by atoms with Gasteiger partial charge in [0.05, 0.1) is 17.3 Å². The monoisotopic (exact) mass is 298 g/mol. The molecule has 0 aliphatic rings. The van der Waals surface area contributed by atoms with Gasteiger partial charge in [0.15, 0.2) is 0 Å². The molecule has 0 fully saturated rings. The number of pyridine rings is 1. The molecule has 0 saturated heterocycles. The molecule has 3 nitrogen and oxygen atoms in total. The first kappa shape index (κ1) is 17.3. The van der Waals surface area contributed by atoms with Crippen LogP contribution in [-0.2, 0) is 6.54 Å². The van der Waals surface area contributed by atoms with E-state index >= 15 is 0 Å². The number of ether oxygens (including phenoxy) is 1. The number of hydrogen-bond acceptors (Lipinski definition) is 3. The van der Waals surface area contributed by atoms with E-state index < -0.39 is 0 Å². The maximum Gasteiger partial charge on any atom is 0.213 e. The Labute approximate surface area is 128 Å². The highest BCUT2D eigenvalue weighted by Gasteiger charge is 2.11. The van der Waals surface area contributed by atoms with Crippen LogP contribution in [0.5, 0.6) is 5.88 Å². The molecule has 1 aromatic heterocycles. The molecule has 1 N–H and O–H groups in total. The Balaban J connectivity index is 2.52. The zero-order valence-corrected chi connectivity index (χ0v) is 14.0. The van der Waals surface area contributed by atoms with Gasteiger partial charge < -0.3 is 10.1 Å². The van der Waals surface area contributed by atoms with Crippen LogP contribution in [0.4, 0.5) is 0 Å². The minimum Gasteiger partial charge on any atom is -0.478 e. The molecular weight excluding hydrogens is 272 g/mol. The highest BCUT2D eigenvalue weighted by molar-refractivity contribution is 6.31. The van der Waals surface area contributed by atoms with Crippen LogP contribution in [-0.4, -0.2) is 18.1 Å². The van der Waals surface area contributed by atoms with Crippen molar-refractivity contribution in [3.05, 3.63) is 22.8 Å². The number of aromatic nitrogens is 1. The van der Waals surface area contributed by atoms with E-state index in [-0.39, 0.29) is 5.41 Å². The van der Waals surface area contributed by atoms with Gasteiger partial charge in [0.1, 0.15) is 0 Å². The van der Waals surface area contributed by atoms with Gasteiger partial charge in [-0.15, -0.1) is 0 Å². The molecule has 1 rings (SSSR count). The van der Waals surface area contributed by atoms with E-state index in [9.17, 15) is 0 Å². The van der Waals surface area contributed by atoms with Crippen LogP contribution in [0, 0.1) is 11.3 Å². The molecule has 0 saturated carbocycles. The molecule has 0 aliphatic heterocycles. The molecule has 1 heterocycles. The van der Waals surface area contributed by atoms with Gasteiger partial charge in [-0.1, -0.05) is 46.2 Å². The van der Waals surface area contributed by atoms with Crippen molar-refractivity contribution in [1.29, 1.82) is 0 Å². The maximum absolute atomic E-state index is 6.16. The van der Waals surface area contributed by atoms with Gasteiger partial charge in [-0.2, -0.15) is 0 Å². The van der Waals surface area contributed by atoms with Crippen LogP contribution in [0.15, 0.2) is 12.1 Å². The fourth-order valence-corrected chi connectivity index (χ4v) is 1.78. The van der Waals surface area contributed by atoms with Crippen LogP contribution < -0.4 is 10.1 Å². The van der Waals surface area contributed by atoms with Gasteiger partial charge in [-0.3, -0.25) is 0 Å². The number of hydrogen-bond donors (Lipinski definition) is 1. The first-order chi connectivity index (χ1) is 9.28. The number of halogens is 1. The summed E-state index contributed by atoms with van der Waals surface area (Å²) < 4.78 is 5.71. The fraction of sp³-hybridized carbons (Fsp3) is 0.688. The molecule has 0 unspecified atom stereocenters. The van der Waals surface area contributed by atoms with E-state index in [0.29, 0.717) is 30.0 Å². The largest absolute Gasteiger partial charge is 0.478 e. The summed E-state index contributed by atoms with van der Waals surface area (Å²) in [5.74, 6) is 1.26. The molecule has 0 amide bonds.